The number of H-pyrrole nitrogens is 1. The summed E-state index contributed by atoms with van der Waals surface area (Å²) in [6, 6.07) is 14.3. The zero-order valence-corrected chi connectivity index (χ0v) is 11.9. The molecule has 22 heavy (non-hydrogen) atoms. The molecule has 3 rings (SSSR count). The molecule has 1 heterocycles. The first kappa shape index (κ1) is 13.8. The van der Waals surface area contributed by atoms with E-state index < -0.39 is 11.8 Å². The van der Waals surface area contributed by atoms with Crippen LogP contribution in [-0.2, 0) is 9.59 Å². The molecule has 0 unspecified atom stereocenters. The Morgan fingerprint density at radius 1 is 1.14 bits per heavy atom. The summed E-state index contributed by atoms with van der Waals surface area (Å²) in [5.74, 6) is -1.32. The van der Waals surface area contributed by atoms with Gasteiger partial charge in [-0.1, -0.05) is 18.2 Å². The molecule has 0 radical (unpaired) electrons. The summed E-state index contributed by atoms with van der Waals surface area (Å²) in [4.78, 5) is 25.5. The fourth-order valence-corrected chi connectivity index (χ4v) is 2.12. The number of nitrogens with zero attached hydrogens (tertiary/aromatic N) is 2. The average molecular weight is 294 g/mol. The number of benzene rings is 2. The van der Waals surface area contributed by atoms with Crippen molar-refractivity contribution in [3.05, 3.63) is 54.7 Å². The van der Waals surface area contributed by atoms with Crippen LogP contribution in [0, 0.1) is 0 Å². The van der Waals surface area contributed by atoms with Crippen LogP contribution >= 0.6 is 0 Å². The Hall–Kier alpha value is -3.15. The van der Waals surface area contributed by atoms with E-state index in [1.54, 1.807) is 37.5 Å². The zero-order chi connectivity index (χ0) is 15.5. The van der Waals surface area contributed by atoms with Gasteiger partial charge in [0.25, 0.3) is 0 Å². The highest BCUT2D eigenvalue weighted by Gasteiger charge is 2.20. The van der Waals surface area contributed by atoms with Crippen molar-refractivity contribution in [1.29, 1.82) is 0 Å². The number of amides is 2. The van der Waals surface area contributed by atoms with E-state index in [2.05, 4.69) is 15.5 Å². The van der Waals surface area contributed by atoms with Crippen LogP contribution in [0.5, 0.6) is 0 Å². The lowest BCUT2D eigenvalue weighted by atomic mass is 10.2. The summed E-state index contributed by atoms with van der Waals surface area (Å²) >= 11 is 0. The third-order valence-electron chi connectivity index (χ3n) is 3.34. The van der Waals surface area contributed by atoms with E-state index in [9.17, 15) is 9.59 Å². The minimum absolute atomic E-state index is 0.538. The van der Waals surface area contributed by atoms with Gasteiger partial charge in [-0.05, 0) is 30.3 Å². The quantitative estimate of drug-likeness (QED) is 0.711. The van der Waals surface area contributed by atoms with Gasteiger partial charge < -0.3 is 10.2 Å². The smallest absolute Gasteiger partial charge is 0.316 e. The number of likely N-dealkylation sites (N-methyl/N-ethyl adjacent to an activating group) is 1. The van der Waals surface area contributed by atoms with Gasteiger partial charge in [-0.15, -0.1) is 0 Å². The van der Waals surface area contributed by atoms with Crippen molar-refractivity contribution in [2.24, 2.45) is 0 Å². The van der Waals surface area contributed by atoms with Gasteiger partial charge in [0.15, 0.2) is 0 Å². The number of aromatic amines is 1. The van der Waals surface area contributed by atoms with Crippen LogP contribution in [0.1, 0.15) is 0 Å². The van der Waals surface area contributed by atoms with Crippen molar-refractivity contribution < 1.29 is 9.59 Å². The van der Waals surface area contributed by atoms with Crippen LogP contribution in [0.4, 0.5) is 11.4 Å². The number of anilines is 2. The predicted molar refractivity (Wildman–Crippen MR) is 84.6 cm³/mol. The van der Waals surface area contributed by atoms with Crippen molar-refractivity contribution >= 4 is 34.1 Å². The number of fused-ring (bicyclic) bond motifs is 1. The number of carbonyl (C=O) groups excluding carboxylic acids is 2. The Morgan fingerprint density at radius 2 is 1.91 bits per heavy atom. The normalized spacial score (nSPS) is 10.4. The number of aromatic nitrogens is 2. The van der Waals surface area contributed by atoms with E-state index in [1.807, 2.05) is 24.3 Å². The molecule has 0 aliphatic rings. The molecule has 0 aliphatic carbocycles. The molecule has 0 bridgehead atoms. The van der Waals surface area contributed by atoms with Crippen LogP contribution in [0.2, 0.25) is 0 Å². The molecule has 110 valence electrons. The number of para-hydroxylation sites is 1. The SMILES string of the molecule is CN(C(=O)C(=O)Nc1ccc2cn[nH]c2c1)c1ccccc1. The molecule has 0 fully saturated rings. The molecular weight excluding hydrogens is 280 g/mol. The lowest BCUT2D eigenvalue weighted by Crippen LogP contribution is -2.37. The third-order valence-corrected chi connectivity index (χ3v) is 3.34. The van der Waals surface area contributed by atoms with Crippen molar-refractivity contribution in [1.82, 2.24) is 10.2 Å². The first-order valence-corrected chi connectivity index (χ1v) is 6.72. The molecule has 2 amide bonds. The van der Waals surface area contributed by atoms with Crippen LogP contribution in [0.3, 0.4) is 0 Å². The molecular formula is C16H14N4O2. The third kappa shape index (κ3) is 2.67. The Morgan fingerprint density at radius 3 is 2.68 bits per heavy atom. The second kappa shape index (κ2) is 5.69. The highest BCUT2D eigenvalue weighted by Crippen LogP contribution is 2.17. The maximum atomic E-state index is 12.2. The minimum atomic E-state index is -0.690. The van der Waals surface area contributed by atoms with E-state index in [1.165, 1.54) is 4.90 Å². The molecule has 6 nitrogen and oxygen atoms in total. The second-order valence-electron chi connectivity index (χ2n) is 4.83. The van der Waals surface area contributed by atoms with Crippen molar-refractivity contribution in [2.75, 3.05) is 17.3 Å². The summed E-state index contributed by atoms with van der Waals surface area (Å²) in [5.41, 5.74) is 1.99. The average Bonchev–Trinajstić information content (AvgIpc) is 3.02. The number of carbonyl (C=O) groups is 2. The van der Waals surface area contributed by atoms with E-state index in [0.717, 1.165) is 10.9 Å². The Bertz CT molecular complexity index is 826. The van der Waals surface area contributed by atoms with Crippen LogP contribution in [-0.4, -0.2) is 29.1 Å². The highest BCUT2D eigenvalue weighted by molar-refractivity contribution is 6.44. The van der Waals surface area contributed by atoms with Crippen molar-refractivity contribution in [3.8, 4) is 0 Å². The topological polar surface area (TPSA) is 78.1 Å². The molecule has 0 saturated carbocycles. The van der Waals surface area contributed by atoms with Gasteiger partial charge >= 0.3 is 11.8 Å². The Labute approximate surface area is 126 Å². The largest absolute Gasteiger partial charge is 0.318 e. The van der Waals surface area contributed by atoms with Crippen molar-refractivity contribution in [3.63, 3.8) is 0 Å². The van der Waals surface area contributed by atoms with Crippen LogP contribution in [0.15, 0.2) is 54.7 Å². The van der Waals surface area contributed by atoms with Gasteiger partial charge in [0, 0.05) is 23.8 Å². The van der Waals surface area contributed by atoms with Gasteiger partial charge in [0.2, 0.25) is 0 Å². The first-order valence-electron chi connectivity index (χ1n) is 6.72. The van der Waals surface area contributed by atoms with Crippen LogP contribution in [0.25, 0.3) is 10.9 Å². The summed E-state index contributed by atoms with van der Waals surface area (Å²) in [7, 11) is 1.56. The summed E-state index contributed by atoms with van der Waals surface area (Å²) in [6.07, 6.45) is 1.69. The molecule has 0 spiro atoms. The van der Waals surface area contributed by atoms with Gasteiger partial charge in [-0.2, -0.15) is 5.10 Å². The minimum Gasteiger partial charge on any atom is -0.318 e. The maximum absolute atomic E-state index is 12.2. The lowest BCUT2D eigenvalue weighted by molar-refractivity contribution is -0.134. The van der Waals surface area contributed by atoms with Crippen molar-refractivity contribution in [2.45, 2.75) is 0 Å². The van der Waals surface area contributed by atoms with Gasteiger partial charge in [0.1, 0.15) is 0 Å². The molecule has 0 aliphatic heterocycles. The van der Waals surface area contributed by atoms with Gasteiger partial charge in [-0.3, -0.25) is 14.7 Å². The number of hydrogen-bond acceptors (Lipinski definition) is 3. The van der Waals surface area contributed by atoms with E-state index in [0.29, 0.717) is 11.4 Å². The monoisotopic (exact) mass is 294 g/mol. The summed E-state index contributed by atoms with van der Waals surface area (Å²) in [6.45, 7) is 0. The van der Waals surface area contributed by atoms with E-state index in [4.69, 9.17) is 0 Å². The standard InChI is InChI=1S/C16H14N4O2/c1-20(13-5-3-2-4-6-13)16(22)15(21)18-12-8-7-11-10-17-19-14(11)9-12/h2-10H,1H3,(H,17,19)(H,18,21). The molecule has 0 saturated heterocycles. The van der Waals surface area contributed by atoms with E-state index >= 15 is 0 Å². The molecule has 1 aromatic heterocycles. The van der Waals surface area contributed by atoms with E-state index in [-0.39, 0.29) is 0 Å². The molecule has 2 N–H and O–H groups in total. The fourth-order valence-electron chi connectivity index (χ4n) is 2.12. The second-order valence-corrected chi connectivity index (χ2v) is 4.83. The first-order chi connectivity index (χ1) is 10.6. The van der Waals surface area contributed by atoms with Gasteiger partial charge in [0.05, 0.1) is 11.7 Å². The number of nitrogens with one attached hydrogen (secondary N) is 2. The lowest BCUT2D eigenvalue weighted by Gasteiger charge is -2.16. The maximum Gasteiger partial charge on any atom is 0.316 e. The molecule has 0 atom stereocenters. The molecule has 6 heteroatoms. The summed E-state index contributed by atoms with van der Waals surface area (Å²) < 4.78 is 0. The summed E-state index contributed by atoms with van der Waals surface area (Å²) in [5, 5.41) is 10.3. The zero-order valence-electron chi connectivity index (χ0n) is 11.9. The number of hydrogen-bond donors (Lipinski definition) is 2. The molecule has 2 aromatic carbocycles. The molecule has 3 aromatic rings. The number of rotatable bonds is 2. The fraction of sp³-hybridized carbons (Fsp3) is 0.0625. The Kier molecular flexibility index (Phi) is 3.57. The predicted octanol–water partition coefficient (Wildman–Crippen LogP) is 2.16. The Balaban J connectivity index is 1.74. The van der Waals surface area contributed by atoms with Crippen LogP contribution < -0.4 is 10.2 Å². The van der Waals surface area contributed by atoms with Gasteiger partial charge in [-0.25, -0.2) is 0 Å². The highest BCUT2D eigenvalue weighted by atomic mass is 16.2.